The SMILES string of the molecule is O=C(Nc1ccc(OCCO)cc1)c1ccc(Cl)cc1Cl. The van der Waals surface area contributed by atoms with Crippen molar-refractivity contribution in [3.05, 3.63) is 58.1 Å². The van der Waals surface area contributed by atoms with Gasteiger partial charge in [0, 0.05) is 10.7 Å². The van der Waals surface area contributed by atoms with Gasteiger partial charge in [-0.05, 0) is 42.5 Å². The Morgan fingerprint density at radius 1 is 1.14 bits per heavy atom. The van der Waals surface area contributed by atoms with Crippen molar-refractivity contribution in [1.82, 2.24) is 0 Å². The van der Waals surface area contributed by atoms with E-state index in [-0.39, 0.29) is 19.1 Å². The Balaban J connectivity index is 2.05. The number of carbonyl (C=O) groups excluding carboxylic acids is 1. The van der Waals surface area contributed by atoms with Crippen molar-refractivity contribution in [2.45, 2.75) is 0 Å². The molecule has 0 fully saturated rings. The zero-order valence-electron chi connectivity index (χ0n) is 11.0. The fourth-order valence-corrected chi connectivity index (χ4v) is 2.16. The molecule has 0 radical (unpaired) electrons. The van der Waals surface area contributed by atoms with Gasteiger partial charge in [-0.2, -0.15) is 0 Å². The Bertz CT molecular complexity index is 629. The standard InChI is InChI=1S/C15H13Cl2NO3/c16-10-1-6-13(14(17)9-10)15(20)18-11-2-4-12(5-3-11)21-8-7-19/h1-6,9,19H,7-8H2,(H,18,20). The van der Waals surface area contributed by atoms with Crippen LogP contribution < -0.4 is 10.1 Å². The molecule has 2 aromatic carbocycles. The number of halogens is 2. The molecule has 2 N–H and O–H groups in total. The van der Waals surface area contributed by atoms with Crippen molar-refractivity contribution in [2.24, 2.45) is 0 Å². The molecule has 0 saturated carbocycles. The molecule has 0 unspecified atom stereocenters. The van der Waals surface area contributed by atoms with Gasteiger partial charge in [0.1, 0.15) is 12.4 Å². The molecule has 0 aliphatic rings. The normalized spacial score (nSPS) is 10.2. The number of hydrogen-bond acceptors (Lipinski definition) is 3. The molecular weight excluding hydrogens is 313 g/mol. The minimum absolute atomic E-state index is 0.0481. The molecule has 0 saturated heterocycles. The van der Waals surface area contributed by atoms with Crippen LogP contribution in [0, 0.1) is 0 Å². The van der Waals surface area contributed by atoms with E-state index in [1.165, 1.54) is 6.07 Å². The van der Waals surface area contributed by atoms with Crippen LogP contribution >= 0.6 is 23.2 Å². The lowest BCUT2D eigenvalue weighted by atomic mass is 10.2. The molecule has 2 aromatic rings. The van der Waals surface area contributed by atoms with Gasteiger partial charge in [-0.25, -0.2) is 0 Å². The van der Waals surface area contributed by atoms with Crippen molar-refractivity contribution >= 4 is 34.8 Å². The minimum atomic E-state index is -0.319. The molecule has 0 aliphatic heterocycles. The van der Waals surface area contributed by atoms with E-state index in [1.54, 1.807) is 36.4 Å². The maximum absolute atomic E-state index is 12.1. The summed E-state index contributed by atoms with van der Waals surface area (Å²) in [5, 5.41) is 12.2. The fourth-order valence-electron chi connectivity index (χ4n) is 1.67. The van der Waals surface area contributed by atoms with Gasteiger partial charge >= 0.3 is 0 Å². The van der Waals surface area contributed by atoms with Gasteiger partial charge in [-0.15, -0.1) is 0 Å². The highest BCUT2D eigenvalue weighted by Crippen LogP contribution is 2.22. The second kappa shape index (κ2) is 7.31. The summed E-state index contributed by atoms with van der Waals surface area (Å²) in [4.78, 5) is 12.1. The van der Waals surface area contributed by atoms with E-state index in [1.807, 2.05) is 0 Å². The van der Waals surface area contributed by atoms with E-state index >= 15 is 0 Å². The Morgan fingerprint density at radius 3 is 2.48 bits per heavy atom. The molecular formula is C15H13Cl2NO3. The lowest BCUT2D eigenvalue weighted by molar-refractivity contribution is 0.102. The maximum atomic E-state index is 12.1. The third-order valence-electron chi connectivity index (χ3n) is 2.65. The van der Waals surface area contributed by atoms with E-state index in [2.05, 4.69) is 5.32 Å². The zero-order valence-corrected chi connectivity index (χ0v) is 12.5. The highest BCUT2D eigenvalue weighted by molar-refractivity contribution is 6.37. The lowest BCUT2D eigenvalue weighted by Crippen LogP contribution is -2.12. The molecule has 0 spiro atoms. The predicted octanol–water partition coefficient (Wildman–Crippen LogP) is 3.62. The van der Waals surface area contributed by atoms with Crippen LogP contribution in [0.15, 0.2) is 42.5 Å². The lowest BCUT2D eigenvalue weighted by Gasteiger charge is -2.08. The number of nitrogens with one attached hydrogen (secondary N) is 1. The van der Waals surface area contributed by atoms with Gasteiger partial charge in [0.2, 0.25) is 0 Å². The van der Waals surface area contributed by atoms with Crippen LogP contribution in [0.2, 0.25) is 10.0 Å². The molecule has 4 nitrogen and oxygen atoms in total. The Hall–Kier alpha value is -1.75. The summed E-state index contributed by atoms with van der Waals surface area (Å²) in [5.41, 5.74) is 0.962. The number of ether oxygens (including phenoxy) is 1. The van der Waals surface area contributed by atoms with Gasteiger partial charge < -0.3 is 15.2 Å². The third-order valence-corrected chi connectivity index (χ3v) is 3.20. The van der Waals surface area contributed by atoms with Crippen LogP contribution in [-0.2, 0) is 0 Å². The quantitative estimate of drug-likeness (QED) is 0.882. The average molecular weight is 326 g/mol. The summed E-state index contributed by atoms with van der Waals surface area (Å²) >= 11 is 11.8. The van der Waals surface area contributed by atoms with Crippen LogP contribution in [0.1, 0.15) is 10.4 Å². The molecule has 0 atom stereocenters. The molecule has 21 heavy (non-hydrogen) atoms. The monoisotopic (exact) mass is 325 g/mol. The van der Waals surface area contributed by atoms with Crippen LogP contribution in [0.25, 0.3) is 0 Å². The van der Waals surface area contributed by atoms with Crippen LogP contribution in [-0.4, -0.2) is 24.2 Å². The number of benzene rings is 2. The molecule has 0 heterocycles. The molecule has 0 bridgehead atoms. The van der Waals surface area contributed by atoms with Gasteiger partial charge in [-0.3, -0.25) is 4.79 Å². The molecule has 0 aliphatic carbocycles. The molecule has 0 aromatic heterocycles. The first-order valence-corrected chi connectivity index (χ1v) is 6.96. The summed E-state index contributed by atoms with van der Waals surface area (Å²) in [6, 6.07) is 11.5. The van der Waals surface area contributed by atoms with E-state index in [4.69, 9.17) is 33.0 Å². The number of carbonyl (C=O) groups is 1. The Kier molecular flexibility index (Phi) is 5.44. The van der Waals surface area contributed by atoms with Crippen LogP contribution in [0.5, 0.6) is 5.75 Å². The fraction of sp³-hybridized carbons (Fsp3) is 0.133. The minimum Gasteiger partial charge on any atom is -0.491 e. The van der Waals surface area contributed by atoms with E-state index < -0.39 is 0 Å². The van der Waals surface area contributed by atoms with Gasteiger partial charge in [-0.1, -0.05) is 23.2 Å². The summed E-state index contributed by atoms with van der Waals surface area (Å²) < 4.78 is 5.23. The number of hydrogen-bond donors (Lipinski definition) is 2. The first-order chi connectivity index (χ1) is 10.1. The summed E-state index contributed by atoms with van der Waals surface area (Å²) in [7, 11) is 0. The number of aliphatic hydroxyl groups excluding tert-OH is 1. The number of rotatable bonds is 5. The third kappa shape index (κ3) is 4.36. The first kappa shape index (κ1) is 15.6. The van der Waals surface area contributed by atoms with Gasteiger partial charge in [0.25, 0.3) is 5.91 Å². The second-order valence-corrected chi connectivity index (χ2v) is 5.02. The molecule has 1 amide bonds. The molecule has 110 valence electrons. The van der Waals surface area contributed by atoms with Crippen molar-refractivity contribution in [2.75, 3.05) is 18.5 Å². The second-order valence-electron chi connectivity index (χ2n) is 4.17. The van der Waals surface area contributed by atoms with E-state index in [9.17, 15) is 4.79 Å². The molecule has 2 rings (SSSR count). The Morgan fingerprint density at radius 2 is 1.86 bits per heavy atom. The molecule has 6 heteroatoms. The van der Waals surface area contributed by atoms with Crippen LogP contribution in [0.3, 0.4) is 0 Å². The van der Waals surface area contributed by atoms with Gasteiger partial charge in [0.05, 0.1) is 17.2 Å². The average Bonchev–Trinajstić information content (AvgIpc) is 2.46. The van der Waals surface area contributed by atoms with Crippen molar-refractivity contribution in [3.8, 4) is 5.75 Å². The summed E-state index contributed by atoms with van der Waals surface area (Å²) in [5.74, 6) is 0.298. The first-order valence-electron chi connectivity index (χ1n) is 6.20. The van der Waals surface area contributed by atoms with E-state index in [0.717, 1.165) is 0 Å². The van der Waals surface area contributed by atoms with E-state index in [0.29, 0.717) is 27.0 Å². The van der Waals surface area contributed by atoms with Crippen molar-refractivity contribution in [3.63, 3.8) is 0 Å². The summed E-state index contributed by atoms with van der Waals surface area (Å²) in [6.45, 7) is 0.180. The zero-order chi connectivity index (χ0) is 15.2. The Labute approximate surface area is 132 Å². The number of anilines is 1. The predicted molar refractivity (Wildman–Crippen MR) is 83.4 cm³/mol. The number of amides is 1. The maximum Gasteiger partial charge on any atom is 0.257 e. The topological polar surface area (TPSA) is 58.6 Å². The van der Waals surface area contributed by atoms with Crippen LogP contribution in [0.4, 0.5) is 5.69 Å². The van der Waals surface area contributed by atoms with Crippen molar-refractivity contribution < 1.29 is 14.6 Å². The smallest absolute Gasteiger partial charge is 0.257 e. The number of aliphatic hydroxyl groups is 1. The highest BCUT2D eigenvalue weighted by Gasteiger charge is 2.11. The summed E-state index contributed by atoms with van der Waals surface area (Å²) in [6.07, 6.45) is 0. The highest BCUT2D eigenvalue weighted by atomic mass is 35.5. The largest absolute Gasteiger partial charge is 0.491 e. The van der Waals surface area contributed by atoms with Crippen molar-refractivity contribution in [1.29, 1.82) is 0 Å². The van der Waals surface area contributed by atoms with Gasteiger partial charge in [0.15, 0.2) is 0 Å².